The van der Waals surface area contributed by atoms with Gasteiger partial charge in [0.1, 0.15) is 23.8 Å². The number of anilines is 1. The molecule has 1 aliphatic rings. The molecule has 0 aliphatic carbocycles. The van der Waals surface area contributed by atoms with Crippen LogP contribution in [0.5, 0.6) is 11.5 Å². The lowest BCUT2D eigenvalue weighted by Gasteiger charge is -2.35. The Morgan fingerprint density at radius 3 is 2.30 bits per heavy atom. The Hall–Kier alpha value is -6.56. The fourth-order valence-corrected chi connectivity index (χ4v) is 9.67. The molecule has 0 fully saturated rings. The highest BCUT2D eigenvalue weighted by atomic mass is 35.5. The van der Waals surface area contributed by atoms with Crippen LogP contribution >= 0.6 is 23.2 Å². The van der Waals surface area contributed by atoms with E-state index in [0.29, 0.717) is 52.5 Å². The van der Waals surface area contributed by atoms with Crippen LogP contribution in [0.3, 0.4) is 0 Å². The van der Waals surface area contributed by atoms with Gasteiger partial charge in [0.2, 0.25) is 0 Å². The summed E-state index contributed by atoms with van der Waals surface area (Å²) in [6.07, 6.45) is 4.48. The number of ether oxygens (including phenoxy) is 2. The highest BCUT2D eigenvalue weighted by Crippen LogP contribution is 2.46. The summed E-state index contributed by atoms with van der Waals surface area (Å²) in [6, 6.07) is 26.6. The zero-order chi connectivity index (χ0) is 45.0. The molecule has 4 aromatic carbocycles. The van der Waals surface area contributed by atoms with Gasteiger partial charge in [0.15, 0.2) is 0 Å². The SMILES string of the molecule is Cc1cc(OCCCc2c3n(c4c(-c5c(C)nn(C)c5C)c(Cl)ccc24)[C@H](C)CN(c2cc(OCc4ccccc4)cc4c(C(=O)O)cn(Cc5ccccn5)c24)C3=O)cc(C)c1Cl. The Morgan fingerprint density at radius 1 is 0.875 bits per heavy atom. The van der Waals surface area contributed by atoms with Crippen LogP contribution in [0.25, 0.3) is 32.9 Å². The Morgan fingerprint density at radius 2 is 1.61 bits per heavy atom. The summed E-state index contributed by atoms with van der Waals surface area (Å²) in [6.45, 7) is 11.3. The van der Waals surface area contributed by atoms with E-state index in [2.05, 4.69) is 16.5 Å². The van der Waals surface area contributed by atoms with Gasteiger partial charge >= 0.3 is 5.97 Å². The van der Waals surface area contributed by atoms with Crippen molar-refractivity contribution in [1.82, 2.24) is 23.9 Å². The molecule has 5 heterocycles. The Bertz CT molecular complexity index is 3090. The van der Waals surface area contributed by atoms with E-state index in [1.807, 2.05) is 123 Å². The molecule has 0 bridgehead atoms. The number of carbonyl (C=O) groups excluding carboxylic acids is 1. The van der Waals surface area contributed by atoms with Crippen molar-refractivity contribution in [1.29, 1.82) is 0 Å². The second kappa shape index (κ2) is 17.2. The van der Waals surface area contributed by atoms with Crippen LogP contribution in [-0.2, 0) is 26.6 Å². The van der Waals surface area contributed by atoms with Gasteiger partial charge in [0.05, 0.1) is 51.8 Å². The summed E-state index contributed by atoms with van der Waals surface area (Å²) in [5.41, 5.74) is 10.7. The molecule has 0 saturated carbocycles. The minimum absolute atomic E-state index is 0.0946. The number of aromatic carboxylic acids is 1. The Labute approximate surface area is 381 Å². The van der Waals surface area contributed by atoms with E-state index in [1.54, 1.807) is 23.4 Å². The van der Waals surface area contributed by atoms with Crippen molar-refractivity contribution in [2.75, 3.05) is 18.1 Å². The molecule has 1 aliphatic heterocycles. The van der Waals surface area contributed by atoms with Gasteiger partial charge in [-0.15, -0.1) is 0 Å². The lowest BCUT2D eigenvalue weighted by Crippen LogP contribution is -2.43. The van der Waals surface area contributed by atoms with Crippen molar-refractivity contribution >= 4 is 62.6 Å². The number of halogens is 2. The average Bonchev–Trinajstić information content (AvgIpc) is 3.90. The lowest BCUT2D eigenvalue weighted by atomic mass is 9.98. The van der Waals surface area contributed by atoms with Gasteiger partial charge in [-0.3, -0.25) is 14.5 Å². The van der Waals surface area contributed by atoms with Crippen LogP contribution in [0.1, 0.15) is 79.6 Å². The molecule has 64 heavy (non-hydrogen) atoms. The minimum atomic E-state index is -1.09. The number of hydrogen-bond acceptors (Lipinski definition) is 6. The van der Waals surface area contributed by atoms with Gasteiger partial charge in [0, 0.05) is 70.7 Å². The molecular formula is C51H48Cl2N6O5. The van der Waals surface area contributed by atoms with E-state index in [9.17, 15) is 9.90 Å². The molecule has 0 unspecified atom stereocenters. The fraction of sp³-hybridized carbons (Fsp3) is 0.255. The maximum Gasteiger partial charge on any atom is 0.337 e. The van der Waals surface area contributed by atoms with Crippen LogP contribution in [0.2, 0.25) is 10.0 Å². The normalized spacial score (nSPS) is 13.8. The number of rotatable bonds is 13. The summed E-state index contributed by atoms with van der Waals surface area (Å²) in [5, 5.41) is 18.0. The molecular weight excluding hydrogens is 848 g/mol. The van der Waals surface area contributed by atoms with Gasteiger partial charge in [-0.25, -0.2) is 4.79 Å². The first kappa shape index (κ1) is 42.7. The van der Waals surface area contributed by atoms with Gasteiger partial charge in [0.25, 0.3) is 5.91 Å². The van der Waals surface area contributed by atoms with E-state index in [4.69, 9.17) is 37.8 Å². The molecule has 1 atom stereocenters. The highest BCUT2D eigenvalue weighted by molar-refractivity contribution is 6.35. The van der Waals surface area contributed by atoms with E-state index in [1.165, 1.54) is 0 Å². The number of hydrogen-bond donors (Lipinski definition) is 1. The van der Waals surface area contributed by atoms with Crippen LogP contribution in [-0.4, -0.2) is 54.0 Å². The standard InChI is InChI=1S/C51H48Cl2N6O5/c1-29-21-36(22-30(2)46(29)53)63-20-12-16-38-39-17-18-42(52)45(44-32(4)55-56(6)33(44)5)48(39)59-31(3)25-58(50(60)49(38)59)43-24-37(64-28-34-13-8-7-9-14-34)23-40-41(51(61)62)27-57(47(40)43)26-35-15-10-11-19-54-35/h7-11,13-15,17-19,21-24,27,31H,12,16,20,25-26,28H2,1-6H3,(H,61,62)/t31-/m1/s1. The molecule has 13 heteroatoms. The van der Waals surface area contributed by atoms with Gasteiger partial charge < -0.3 is 28.6 Å². The predicted octanol–water partition coefficient (Wildman–Crippen LogP) is 11.5. The van der Waals surface area contributed by atoms with Gasteiger partial charge in [-0.2, -0.15) is 5.10 Å². The number of carbonyl (C=O) groups is 2. The highest BCUT2D eigenvalue weighted by Gasteiger charge is 2.38. The zero-order valence-electron chi connectivity index (χ0n) is 36.6. The monoisotopic (exact) mass is 894 g/mol. The van der Waals surface area contributed by atoms with Crippen molar-refractivity contribution in [3.8, 4) is 22.6 Å². The summed E-state index contributed by atoms with van der Waals surface area (Å²) in [4.78, 5) is 35.1. The third-order valence-electron chi connectivity index (χ3n) is 12.3. The second-order valence-corrected chi connectivity index (χ2v) is 17.5. The number of pyridine rings is 1. The number of amides is 1. The first-order chi connectivity index (χ1) is 30.8. The molecule has 8 aromatic rings. The molecule has 9 rings (SSSR count). The Kier molecular flexibility index (Phi) is 11.5. The van der Waals surface area contributed by atoms with Crippen molar-refractivity contribution in [3.05, 3.63) is 158 Å². The second-order valence-electron chi connectivity index (χ2n) is 16.7. The minimum Gasteiger partial charge on any atom is -0.494 e. The molecule has 0 spiro atoms. The maximum atomic E-state index is 15.8. The van der Waals surface area contributed by atoms with E-state index < -0.39 is 5.97 Å². The summed E-state index contributed by atoms with van der Waals surface area (Å²) >= 11 is 13.7. The predicted molar refractivity (Wildman–Crippen MR) is 253 cm³/mol. The largest absolute Gasteiger partial charge is 0.494 e. The van der Waals surface area contributed by atoms with Crippen LogP contribution in [0.4, 0.5) is 5.69 Å². The number of aryl methyl sites for hydroxylation is 5. The summed E-state index contributed by atoms with van der Waals surface area (Å²) in [5.74, 6) is -0.130. The third-order valence-corrected chi connectivity index (χ3v) is 13.2. The first-order valence-electron chi connectivity index (χ1n) is 21.3. The Balaban J connectivity index is 1.22. The van der Waals surface area contributed by atoms with E-state index in [0.717, 1.165) is 72.1 Å². The number of fused-ring (bicyclic) bond motifs is 4. The molecule has 0 saturated heterocycles. The number of carboxylic acid groups (broad SMARTS) is 1. The van der Waals surface area contributed by atoms with Gasteiger partial charge in [-0.1, -0.05) is 65.7 Å². The van der Waals surface area contributed by atoms with Crippen LogP contribution in [0.15, 0.2) is 97.3 Å². The lowest BCUT2D eigenvalue weighted by molar-refractivity contribution is 0.0698. The van der Waals surface area contributed by atoms with Crippen LogP contribution < -0.4 is 14.4 Å². The van der Waals surface area contributed by atoms with E-state index >= 15 is 4.79 Å². The first-order valence-corrected chi connectivity index (χ1v) is 22.1. The third kappa shape index (κ3) is 7.66. The van der Waals surface area contributed by atoms with Gasteiger partial charge in [-0.05, 0) is 106 Å². The molecule has 326 valence electrons. The number of benzene rings is 4. The molecule has 1 N–H and O–H groups in total. The quantitative estimate of drug-likeness (QED) is 0.115. The van der Waals surface area contributed by atoms with Crippen molar-refractivity contribution in [2.45, 2.75) is 66.7 Å². The molecule has 1 amide bonds. The fourth-order valence-electron chi connectivity index (χ4n) is 9.32. The molecule has 4 aromatic heterocycles. The number of aromatic nitrogens is 5. The smallest absolute Gasteiger partial charge is 0.337 e. The van der Waals surface area contributed by atoms with E-state index in [-0.39, 0.29) is 37.2 Å². The number of nitrogens with zero attached hydrogens (tertiary/aromatic N) is 6. The maximum absolute atomic E-state index is 15.8. The summed E-state index contributed by atoms with van der Waals surface area (Å²) < 4.78 is 18.6. The van der Waals surface area contributed by atoms with Crippen molar-refractivity contribution < 1.29 is 24.2 Å². The zero-order valence-corrected chi connectivity index (χ0v) is 38.1. The number of carboxylic acids is 1. The molecule has 0 radical (unpaired) electrons. The van der Waals surface area contributed by atoms with Crippen molar-refractivity contribution in [2.24, 2.45) is 7.05 Å². The average molecular weight is 896 g/mol. The molecule has 11 nitrogen and oxygen atoms in total. The summed E-state index contributed by atoms with van der Waals surface area (Å²) in [7, 11) is 1.92. The van der Waals surface area contributed by atoms with Crippen LogP contribution in [0, 0.1) is 27.7 Å². The topological polar surface area (TPSA) is 117 Å². The van der Waals surface area contributed by atoms with Crippen molar-refractivity contribution in [3.63, 3.8) is 0 Å².